The van der Waals surface area contributed by atoms with Crippen molar-refractivity contribution in [2.24, 2.45) is 0 Å². The minimum absolute atomic E-state index is 0.139. The Hall–Kier alpha value is -3.98. The number of esters is 1. The molecule has 0 aromatic carbocycles. The van der Waals surface area contributed by atoms with Gasteiger partial charge in [0.15, 0.2) is 15.7 Å². The van der Waals surface area contributed by atoms with E-state index >= 15 is 0 Å². The normalized spacial score (nSPS) is 14.4. The lowest BCUT2D eigenvalue weighted by Gasteiger charge is -2.27. The fourth-order valence-corrected chi connectivity index (χ4v) is 5.51. The van der Waals surface area contributed by atoms with Crippen LogP contribution in [0.5, 0.6) is 0 Å². The van der Waals surface area contributed by atoms with E-state index in [4.69, 9.17) is 9.47 Å². The summed E-state index contributed by atoms with van der Waals surface area (Å²) in [5.41, 5.74) is 0.462. The molecular weight excluding hydrogens is 534 g/mol. The third-order valence-corrected chi connectivity index (χ3v) is 8.33. The fourth-order valence-electron chi connectivity index (χ4n) is 4.31. The van der Waals surface area contributed by atoms with Gasteiger partial charge in [-0.05, 0) is 70.7 Å². The van der Waals surface area contributed by atoms with Crippen LogP contribution in [-0.4, -0.2) is 53.0 Å². The molecule has 4 rings (SSSR count). The molecule has 0 bridgehead atoms. The molecule has 12 heteroatoms. The van der Waals surface area contributed by atoms with Crippen molar-refractivity contribution in [1.82, 2.24) is 14.6 Å². The molecule has 3 heterocycles. The van der Waals surface area contributed by atoms with Gasteiger partial charge in [-0.2, -0.15) is 5.26 Å². The first-order valence-corrected chi connectivity index (χ1v) is 14.7. The lowest BCUT2D eigenvalue weighted by Crippen LogP contribution is -2.38. The van der Waals surface area contributed by atoms with E-state index in [-0.39, 0.29) is 46.4 Å². The first-order valence-electron chi connectivity index (χ1n) is 13.0. The van der Waals surface area contributed by atoms with Crippen molar-refractivity contribution in [2.45, 2.75) is 76.8 Å². The smallest absolute Gasteiger partial charge is 0.416 e. The van der Waals surface area contributed by atoms with Gasteiger partial charge in [0.25, 0.3) is 0 Å². The van der Waals surface area contributed by atoms with Crippen LogP contribution in [0.4, 0.5) is 10.6 Å². The van der Waals surface area contributed by atoms with E-state index in [0.717, 1.165) is 4.90 Å². The van der Waals surface area contributed by atoms with Crippen molar-refractivity contribution in [3.05, 3.63) is 53.0 Å². The van der Waals surface area contributed by atoms with E-state index in [1.54, 1.807) is 65.2 Å². The number of nitriles is 1. The summed E-state index contributed by atoms with van der Waals surface area (Å²) in [7, 11) is -3.92. The second-order valence-electron chi connectivity index (χ2n) is 10.8. The highest BCUT2D eigenvalue weighted by molar-refractivity contribution is 7.91. The number of rotatable bonds is 8. The number of pyridine rings is 2. The van der Waals surface area contributed by atoms with Gasteiger partial charge < -0.3 is 9.47 Å². The van der Waals surface area contributed by atoms with Crippen molar-refractivity contribution in [2.75, 3.05) is 17.3 Å². The maximum atomic E-state index is 13.6. The average molecular weight is 568 g/mol. The molecule has 0 radical (unpaired) electrons. The molecule has 0 unspecified atom stereocenters. The molecule has 11 nitrogen and oxygen atoms in total. The molecule has 1 aliphatic carbocycles. The Kier molecular flexibility index (Phi) is 7.64. The SMILES string of the molecule is CCOC(=O)c1cc(C)cnc1CN(C(=O)OC(C)(C)C)c1nn2cc(C3(C#N)CC3)ccc2c1S(=O)(=O)CC. The second kappa shape index (κ2) is 10.5. The maximum absolute atomic E-state index is 13.6. The van der Waals surface area contributed by atoms with Crippen LogP contribution in [0.15, 0.2) is 35.5 Å². The Morgan fingerprint density at radius 1 is 1.23 bits per heavy atom. The first-order chi connectivity index (χ1) is 18.7. The highest BCUT2D eigenvalue weighted by atomic mass is 32.2. The standard InChI is InChI=1S/C28H33N5O6S/c1-7-38-25(34)20-13-18(3)14-30-21(20)16-32(26(35)39-27(4,5)6)24-23(40(36,37)8-2)22-10-9-19(15-33(22)31-24)28(17-29)11-12-28/h9-10,13-15H,7-8,11-12,16H2,1-6H3. The monoisotopic (exact) mass is 567 g/mol. The number of nitrogens with zero attached hydrogens (tertiary/aromatic N) is 5. The Balaban J connectivity index is 1.94. The second-order valence-corrected chi connectivity index (χ2v) is 13.0. The summed E-state index contributed by atoms with van der Waals surface area (Å²) in [4.78, 5) is 31.7. The molecule has 212 valence electrons. The van der Waals surface area contributed by atoms with Crippen molar-refractivity contribution in [1.29, 1.82) is 5.26 Å². The number of fused-ring (bicyclic) bond motifs is 1. The van der Waals surface area contributed by atoms with Gasteiger partial charge in [-0.1, -0.05) is 13.0 Å². The molecule has 1 saturated carbocycles. The molecule has 0 aliphatic heterocycles. The summed E-state index contributed by atoms with van der Waals surface area (Å²) in [6.45, 7) is 9.84. The number of anilines is 1. The minimum atomic E-state index is -3.92. The molecule has 40 heavy (non-hydrogen) atoms. The van der Waals surface area contributed by atoms with Gasteiger partial charge >= 0.3 is 12.1 Å². The van der Waals surface area contributed by atoms with Gasteiger partial charge in [0.2, 0.25) is 0 Å². The van der Waals surface area contributed by atoms with Gasteiger partial charge in [-0.25, -0.2) is 22.5 Å². The molecule has 1 fully saturated rings. The highest BCUT2D eigenvalue weighted by Crippen LogP contribution is 2.47. The summed E-state index contributed by atoms with van der Waals surface area (Å²) in [5, 5.41) is 14.2. The van der Waals surface area contributed by atoms with E-state index in [9.17, 15) is 23.3 Å². The number of sulfone groups is 1. The predicted octanol–water partition coefficient (Wildman–Crippen LogP) is 4.50. The topological polar surface area (TPSA) is 144 Å². The van der Waals surface area contributed by atoms with Crippen LogP contribution < -0.4 is 4.90 Å². The molecule has 3 aromatic rings. The summed E-state index contributed by atoms with van der Waals surface area (Å²) in [6.07, 6.45) is 3.70. The van der Waals surface area contributed by atoms with Gasteiger partial charge in [-0.3, -0.25) is 9.88 Å². The number of hydrogen-bond acceptors (Lipinski definition) is 9. The number of ether oxygens (including phenoxy) is 2. The number of amides is 1. The zero-order valence-electron chi connectivity index (χ0n) is 23.5. The Labute approximate surface area is 233 Å². The molecule has 1 amide bonds. The molecule has 0 saturated heterocycles. The Morgan fingerprint density at radius 3 is 2.50 bits per heavy atom. The first kappa shape index (κ1) is 29.0. The number of aromatic nitrogens is 3. The van der Waals surface area contributed by atoms with Crippen LogP contribution in [0, 0.1) is 18.3 Å². The van der Waals surface area contributed by atoms with Crippen LogP contribution in [0.3, 0.4) is 0 Å². The van der Waals surface area contributed by atoms with Crippen molar-refractivity contribution in [3.8, 4) is 6.07 Å². The molecular formula is C28H33N5O6S. The Morgan fingerprint density at radius 2 is 1.93 bits per heavy atom. The van der Waals surface area contributed by atoms with Crippen molar-refractivity contribution < 1.29 is 27.5 Å². The largest absolute Gasteiger partial charge is 0.462 e. The van der Waals surface area contributed by atoms with E-state index in [1.165, 1.54) is 11.4 Å². The molecule has 0 N–H and O–H groups in total. The van der Waals surface area contributed by atoms with Crippen LogP contribution in [0.1, 0.15) is 74.6 Å². The summed E-state index contributed by atoms with van der Waals surface area (Å²) in [5.74, 6) is -1.03. The lowest BCUT2D eigenvalue weighted by molar-refractivity contribution is 0.0517. The summed E-state index contributed by atoms with van der Waals surface area (Å²) in [6, 6.07) is 7.26. The Bertz CT molecular complexity index is 1630. The van der Waals surface area contributed by atoms with Gasteiger partial charge in [0.1, 0.15) is 10.5 Å². The predicted molar refractivity (Wildman–Crippen MR) is 147 cm³/mol. The van der Waals surface area contributed by atoms with Crippen LogP contribution >= 0.6 is 0 Å². The highest BCUT2D eigenvalue weighted by Gasteiger charge is 2.45. The van der Waals surface area contributed by atoms with E-state index in [1.807, 2.05) is 0 Å². The number of hydrogen-bond donors (Lipinski definition) is 0. The minimum Gasteiger partial charge on any atom is -0.462 e. The summed E-state index contributed by atoms with van der Waals surface area (Å²) < 4.78 is 39.1. The van der Waals surface area contributed by atoms with Gasteiger partial charge in [-0.15, -0.1) is 5.10 Å². The van der Waals surface area contributed by atoms with Gasteiger partial charge in [0.05, 0.1) is 47.2 Å². The number of carbonyl (C=O) groups excluding carboxylic acids is 2. The average Bonchev–Trinajstić information content (AvgIpc) is 3.59. The van der Waals surface area contributed by atoms with E-state index in [2.05, 4.69) is 16.2 Å². The van der Waals surface area contributed by atoms with Gasteiger partial charge in [0, 0.05) is 12.4 Å². The zero-order valence-corrected chi connectivity index (χ0v) is 24.3. The summed E-state index contributed by atoms with van der Waals surface area (Å²) >= 11 is 0. The van der Waals surface area contributed by atoms with Crippen LogP contribution in [-0.2, 0) is 31.3 Å². The lowest BCUT2D eigenvalue weighted by atomic mass is 10.00. The molecule has 0 atom stereocenters. The fraction of sp³-hybridized carbons (Fsp3) is 0.464. The maximum Gasteiger partial charge on any atom is 0.416 e. The zero-order chi connectivity index (χ0) is 29.5. The van der Waals surface area contributed by atoms with Crippen LogP contribution in [0.2, 0.25) is 0 Å². The molecule has 0 spiro atoms. The quantitative estimate of drug-likeness (QED) is 0.359. The van der Waals surface area contributed by atoms with E-state index in [0.29, 0.717) is 24.0 Å². The van der Waals surface area contributed by atoms with E-state index < -0.39 is 32.9 Å². The van der Waals surface area contributed by atoms with Crippen LogP contribution in [0.25, 0.3) is 5.52 Å². The third kappa shape index (κ3) is 5.65. The number of aryl methyl sites for hydroxylation is 1. The van der Waals surface area contributed by atoms with Crippen molar-refractivity contribution in [3.63, 3.8) is 0 Å². The number of carbonyl (C=O) groups is 2. The molecule has 1 aliphatic rings. The molecule has 3 aromatic heterocycles. The van der Waals surface area contributed by atoms with Crippen molar-refractivity contribution >= 4 is 33.2 Å². The third-order valence-electron chi connectivity index (χ3n) is 6.55.